The summed E-state index contributed by atoms with van der Waals surface area (Å²) in [6, 6.07) is 7.75. The Labute approximate surface area is 160 Å². The SMILES string of the molecule is CC(C)OC(=O)Cn1c(CCNC(=O)C2CCCCC2)nc2ccccc21. The van der Waals surface area contributed by atoms with Crippen molar-refractivity contribution in [3.05, 3.63) is 30.1 Å². The van der Waals surface area contributed by atoms with E-state index in [-0.39, 0.29) is 30.4 Å². The van der Waals surface area contributed by atoms with E-state index in [1.165, 1.54) is 6.42 Å². The van der Waals surface area contributed by atoms with Crippen LogP contribution in [0.5, 0.6) is 0 Å². The Bertz CT molecular complexity index is 791. The van der Waals surface area contributed by atoms with Gasteiger partial charge in [0.05, 0.1) is 17.1 Å². The molecule has 0 saturated heterocycles. The molecule has 1 fully saturated rings. The second kappa shape index (κ2) is 9.02. The van der Waals surface area contributed by atoms with Gasteiger partial charge in [0.1, 0.15) is 12.4 Å². The van der Waals surface area contributed by atoms with Crippen LogP contribution < -0.4 is 5.32 Å². The maximum Gasteiger partial charge on any atom is 0.326 e. The van der Waals surface area contributed by atoms with Crippen molar-refractivity contribution in [1.29, 1.82) is 0 Å². The van der Waals surface area contributed by atoms with E-state index >= 15 is 0 Å². The molecule has 6 heteroatoms. The minimum atomic E-state index is -0.277. The number of aromatic nitrogens is 2. The molecule has 0 radical (unpaired) electrons. The van der Waals surface area contributed by atoms with Gasteiger partial charge in [-0.3, -0.25) is 9.59 Å². The molecule has 0 bridgehead atoms. The summed E-state index contributed by atoms with van der Waals surface area (Å²) in [5.74, 6) is 0.816. The largest absolute Gasteiger partial charge is 0.462 e. The molecular formula is C21H29N3O3. The first-order chi connectivity index (χ1) is 13.0. The second-order valence-electron chi connectivity index (χ2n) is 7.52. The molecule has 1 heterocycles. The molecule has 0 atom stereocenters. The molecule has 0 aliphatic heterocycles. The molecule has 146 valence electrons. The van der Waals surface area contributed by atoms with Gasteiger partial charge in [0.15, 0.2) is 0 Å². The molecule has 3 rings (SSSR count). The first-order valence-electron chi connectivity index (χ1n) is 9.96. The number of fused-ring (bicyclic) bond motifs is 1. The molecule has 2 aromatic rings. The molecule has 0 spiro atoms. The zero-order chi connectivity index (χ0) is 19.2. The van der Waals surface area contributed by atoms with E-state index in [1.807, 2.05) is 42.7 Å². The number of hydrogen-bond donors (Lipinski definition) is 1. The summed E-state index contributed by atoms with van der Waals surface area (Å²) in [5.41, 5.74) is 1.76. The van der Waals surface area contributed by atoms with Crippen LogP contribution in [-0.2, 0) is 27.3 Å². The Balaban J connectivity index is 1.66. The van der Waals surface area contributed by atoms with Gasteiger partial charge >= 0.3 is 5.97 Å². The number of amides is 1. The topological polar surface area (TPSA) is 73.2 Å². The molecule has 1 aliphatic carbocycles. The van der Waals surface area contributed by atoms with Crippen molar-refractivity contribution in [2.24, 2.45) is 5.92 Å². The summed E-state index contributed by atoms with van der Waals surface area (Å²) in [6.45, 7) is 4.33. The van der Waals surface area contributed by atoms with Gasteiger partial charge in [-0.25, -0.2) is 4.98 Å². The molecule has 0 unspecified atom stereocenters. The lowest BCUT2D eigenvalue weighted by molar-refractivity contribution is -0.148. The van der Waals surface area contributed by atoms with E-state index in [9.17, 15) is 9.59 Å². The van der Waals surface area contributed by atoms with Crippen LogP contribution in [0.25, 0.3) is 11.0 Å². The van der Waals surface area contributed by atoms with Crippen molar-refractivity contribution in [1.82, 2.24) is 14.9 Å². The van der Waals surface area contributed by atoms with Gasteiger partial charge in [-0.05, 0) is 38.8 Å². The number of hydrogen-bond acceptors (Lipinski definition) is 4. The van der Waals surface area contributed by atoms with Gasteiger partial charge in [0.25, 0.3) is 0 Å². The van der Waals surface area contributed by atoms with Gasteiger partial charge in [-0.1, -0.05) is 31.4 Å². The highest BCUT2D eigenvalue weighted by atomic mass is 16.5. The molecule has 6 nitrogen and oxygen atoms in total. The Morgan fingerprint density at radius 1 is 1.22 bits per heavy atom. The normalized spacial score (nSPS) is 15.2. The van der Waals surface area contributed by atoms with Gasteiger partial charge in [0, 0.05) is 18.9 Å². The number of ether oxygens (including phenoxy) is 1. The van der Waals surface area contributed by atoms with Crippen molar-refractivity contribution in [2.75, 3.05) is 6.54 Å². The fourth-order valence-electron chi connectivity index (χ4n) is 3.73. The second-order valence-corrected chi connectivity index (χ2v) is 7.52. The number of imidazole rings is 1. The van der Waals surface area contributed by atoms with E-state index < -0.39 is 0 Å². The highest BCUT2D eigenvalue weighted by Gasteiger charge is 2.21. The first-order valence-corrected chi connectivity index (χ1v) is 9.96. The highest BCUT2D eigenvalue weighted by molar-refractivity contribution is 5.79. The summed E-state index contributed by atoms with van der Waals surface area (Å²) >= 11 is 0. The van der Waals surface area contributed by atoms with E-state index in [1.54, 1.807) is 0 Å². The number of carbonyl (C=O) groups is 2. The summed E-state index contributed by atoms with van der Waals surface area (Å²) < 4.78 is 7.19. The number of benzene rings is 1. The molecule has 27 heavy (non-hydrogen) atoms. The number of esters is 1. The van der Waals surface area contributed by atoms with Gasteiger partial charge in [0.2, 0.25) is 5.91 Å². The lowest BCUT2D eigenvalue weighted by atomic mass is 9.89. The number of rotatable bonds is 7. The maximum atomic E-state index is 12.3. The van der Waals surface area contributed by atoms with E-state index in [4.69, 9.17) is 4.74 Å². The molecular weight excluding hydrogens is 342 g/mol. The first kappa shape index (κ1) is 19.4. The van der Waals surface area contributed by atoms with Gasteiger partial charge in [-0.15, -0.1) is 0 Å². The van der Waals surface area contributed by atoms with Crippen molar-refractivity contribution in [3.63, 3.8) is 0 Å². The molecule has 1 aliphatic rings. The van der Waals surface area contributed by atoms with E-state index in [0.717, 1.165) is 42.5 Å². The predicted molar refractivity (Wildman–Crippen MR) is 104 cm³/mol. The van der Waals surface area contributed by atoms with Crippen LogP contribution in [0.4, 0.5) is 0 Å². The quantitative estimate of drug-likeness (QED) is 0.759. The summed E-state index contributed by atoms with van der Waals surface area (Å²) in [6.07, 6.45) is 5.95. The Hall–Kier alpha value is -2.37. The zero-order valence-corrected chi connectivity index (χ0v) is 16.2. The Morgan fingerprint density at radius 3 is 2.70 bits per heavy atom. The van der Waals surface area contributed by atoms with Gasteiger partial charge < -0.3 is 14.6 Å². The fraction of sp³-hybridized carbons (Fsp3) is 0.571. The average molecular weight is 371 g/mol. The third-order valence-corrected chi connectivity index (χ3v) is 5.01. The molecule has 1 saturated carbocycles. The molecule has 1 aromatic carbocycles. The number of para-hydroxylation sites is 2. The van der Waals surface area contributed by atoms with E-state index in [0.29, 0.717) is 13.0 Å². The highest BCUT2D eigenvalue weighted by Crippen LogP contribution is 2.23. The molecule has 1 aromatic heterocycles. The Kier molecular flexibility index (Phi) is 6.48. The zero-order valence-electron chi connectivity index (χ0n) is 16.2. The number of carbonyl (C=O) groups excluding carboxylic acids is 2. The summed E-state index contributed by atoms with van der Waals surface area (Å²) in [4.78, 5) is 29.2. The van der Waals surface area contributed by atoms with Crippen molar-refractivity contribution >= 4 is 22.9 Å². The number of nitrogens with zero attached hydrogens (tertiary/aromatic N) is 2. The Morgan fingerprint density at radius 2 is 1.96 bits per heavy atom. The van der Waals surface area contributed by atoms with Crippen LogP contribution in [0.1, 0.15) is 51.8 Å². The molecule has 1 amide bonds. The lowest BCUT2D eigenvalue weighted by Crippen LogP contribution is -2.33. The van der Waals surface area contributed by atoms with Crippen LogP contribution in [0, 0.1) is 5.92 Å². The minimum absolute atomic E-state index is 0.130. The van der Waals surface area contributed by atoms with Crippen LogP contribution >= 0.6 is 0 Å². The van der Waals surface area contributed by atoms with Crippen molar-refractivity contribution in [2.45, 2.75) is 65.0 Å². The predicted octanol–water partition coefficient (Wildman–Crippen LogP) is 3.23. The monoisotopic (exact) mass is 371 g/mol. The van der Waals surface area contributed by atoms with Gasteiger partial charge in [-0.2, -0.15) is 0 Å². The smallest absolute Gasteiger partial charge is 0.326 e. The standard InChI is InChI=1S/C21H29N3O3/c1-15(2)27-20(25)14-24-18-11-7-6-10-17(18)23-19(24)12-13-22-21(26)16-8-4-3-5-9-16/h6-7,10-11,15-16H,3-5,8-9,12-14H2,1-2H3,(H,22,26). The van der Waals surface area contributed by atoms with Crippen LogP contribution in [-0.4, -0.2) is 34.1 Å². The van der Waals surface area contributed by atoms with E-state index in [2.05, 4.69) is 10.3 Å². The molecule has 1 N–H and O–H groups in total. The minimum Gasteiger partial charge on any atom is -0.462 e. The lowest BCUT2D eigenvalue weighted by Gasteiger charge is -2.20. The third-order valence-electron chi connectivity index (χ3n) is 5.01. The summed E-state index contributed by atoms with van der Waals surface area (Å²) in [7, 11) is 0. The van der Waals surface area contributed by atoms with Crippen molar-refractivity contribution in [3.8, 4) is 0 Å². The maximum absolute atomic E-state index is 12.3. The average Bonchev–Trinajstić information content (AvgIpc) is 2.99. The third kappa shape index (κ3) is 5.08. The van der Waals surface area contributed by atoms with Crippen LogP contribution in [0.3, 0.4) is 0 Å². The van der Waals surface area contributed by atoms with Crippen molar-refractivity contribution < 1.29 is 14.3 Å². The van der Waals surface area contributed by atoms with Crippen LogP contribution in [0.15, 0.2) is 24.3 Å². The fourth-order valence-corrected chi connectivity index (χ4v) is 3.73. The summed E-state index contributed by atoms with van der Waals surface area (Å²) in [5, 5.41) is 3.05. The van der Waals surface area contributed by atoms with Crippen LogP contribution in [0.2, 0.25) is 0 Å². The number of nitrogens with one attached hydrogen (secondary N) is 1.